The van der Waals surface area contributed by atoms with Crippen molar-refractivity contribution in [1.82, 2.24) is 0 Å². The first-order valence-electron chi connectivity index (χ1n) is 5.71. The normalized spacial score (nSPS) is 25.2. The van der Waals surface area contributed by atoms with E-state index < -0.39 is 36.2 Å². The van der Waals surface area contributed by atoms with Crippen molar-refractivity contribution in [3.8, 4) is 0 Å². The van der Waals surface area contributed by atoms with Crippen LogP contribution >= 0.6 is 0 Å². The molecule has 6 nitrogen and oxygen atoms in total. The molecule has 0 amide bonds. The topological polar surface area (TPSA) is 78.9 Å². The summed E-state index contributed by atoms with van der Waals surface area (Å²) in [6.45, 7) is 7.29. The van der Waals surface area contributed by atoms with E-state index in [0.717, 1.165) is 0 Å². The van der Waals surface area contributed by atoms with Crippen LogP contribution in [0.4, 0.5) is 0 Å². The third-order valence-corrected chi connectivity index (χ3v) is 2.44. The molecule has 0 radical (unpaired) electrons. The van der Waals surface area contributed by atoms with Gasteiger partial charge in [0.15, 0.2) is 18.3 Å². The molecule has 0 spiro atoms. The Kier molecular flexibility index (Phi) is 4.86. The second-order valence-corrected chi connectivity index (χ2v) is 4.05. The molecule has 3 atom stereocenters. The van der Waals surface area contributed by atoms with Crippen LogP contribution in [0, 0.1) is 0 Å². The van der Waals surface area contributed by atoms with E-state index in [1.807, 2.05) is 0 Å². The van der Waals surface area contributed by atoms with E-state index in [4.69, 9.17) is 14.2 Å². The fraction of sp³-hybridized carbons (Fsp3) is 0.462. The SMILES string of the molecule is C=CC1=C[C@@H](OC(C)=O)[C@H](OC(C)=O)[C@H]1OC(C)=O. The molecular formula is C13H16O6. The number of hydrogen-bond acceptors (Lipinski definition) is 6. The van der Waals surface area contributed by atoms with Crippen LogP contribution in [0.5, 0.6) is 0 Å². The van der Waals surface area contributed by atoms with Crippen LogP contribution in [0.15, 0.2) is 24.3 Å². The highest BCUT2D eigenvalue weighted by Crippen LogP contribution is 2.29. The second kappa shape index (κ2) is 6.17. The molecule has 104 valence electrons. The Morgan fingerprint density at radius 2 is 1.58 bits per heavy atom. The molecule has 0 saturated heterocycles. The molecule has 1 rings (SSSR count). The van der Waals surface area contributed by atoms with Gasteiger partial charge in [-0.05, 0) is 11.6 Å². The number of carbonyl (C=O) groups excluding carboxylic acids is 3. The average molecular weight is 268 g/mol. The summed E-state index contributed by atoms with van der Waals surface area (Å²) in [6.07, 6.45) is 0.517. The van der Waals surface area contributed by atoms with E-state index in [0.29, 0.717) is 5.57 Å². The third kappa shape index (κ3) is 3.94. The molecule has 6 heteroatoms. The van der Waals surface area contributed by atoms with Gasteiger partial charge in [0.2, 0.25) is 0 Å². The standard InChI is InChI=1S/C13H16O6/c1-5-10-6-11(17-7(2)14)13(19-9(4)16)12(10)18-8(3)15/h5-6,11-13H,1H2,2-4H3/t11-,12+,13+/m1/s1. The lowest BCUT2D eigenvalue weighted by molar-refractivity contribution is -0.172. The Morgan fingerprint density at radius 1 is 1.05 bits per heavy atom. The largest absolute Gasteiger partial charge is 0.454 e. The van der Waals surface area contributed by atoms with Crippen molar-refractivity contribution >= 4 is 17.9 Å². The number of carbonyl (C=O) groups is 3. The molecule has 0 aromatic rings. The Bertz CT molecular complexity index is 436. The maximum Gasteiger partial charge on any atom is 0.303 e. The Morgan fingerprint density at radius 3 is 2.00 bits per heavy atom. The first-order valence-corrected chi connectivity index (χ1v) is 5.71. The van der Waals surface area contributed by atoms with Gasteiger partial charge in [0, 0.05) is 20.8 Å². The maximum atomic E-state index is 11.1. The van der Waals surface area contributed by atoms with E-state index in [1.165, 1.54) is 26.8 Å². The third-order valence-electron chi connectivity index (χ3n) is 2.44. The number of rotatable bonds is 4. The van der Waals surface area contributed by atoms with E-state index in [9.17, 15) is 14.4 Å². The summed E-state index contributed by atoms with van der Waals surface area (Å²) in [5.41, 5.74) is 0.535. The predicted molar refractivity (Wildman–Crippen MR) is 64.9 cm³/mol. The summed E-state index contributed by atoms with van der Waals surface area (Å²) < 4.78 is 15.2. The van der Waals surface area contributed by atoms with Crippen molar-refractivity contribution in [2.45, 2.75) is 39.1 Å². The average Bonchev–Trinajstić information content (AvgIpc) is 2.55. The van der Waals surface area contributed by atoms with Gasteiger partial charge in [-0.2, -0.15) is 0 Å². The molecule has 0 fully saturated rings. The zero-order chi connectivity index (χ0) is 14.6. The van der Waals surface area contributed by atoms with E-state index in [2.05, 4.69) is 6.58 Å². The van der Waals surface area contributed by atoms with Crippen LogP contribution in [0.2, 0.25) is 0 Å². The van der Waals surface area contributed by atoms with Crippen molar-refractivity contribution < 1.29 is 28.6 Å². The molecule has 0 N–H and O–H groups in total. The monoisotopic (exact) mass is 268 g/mol. The summed E-state index contributed by atoms with van der Waals surface area (Å²) in [6, 6.07) is 0. The van der Waals surface area contributed by atoms with Crippen molar-refractivity contribution in [1.29, 1.82) is 0 Å². The van der Waals surface area contributed by atoms with Crippen LogP contribution in [0.1, 0.15) is 20.8 Å². The van der Waals surface area contributed by atoms with Crippen molar-refractivity contribution in [3.05, 3.63) is 24.3 Å². The summed E-state index contributed by atoms with van der Waals surface area (Å²) in [4.78, 5) is 33.2. The van der Waals surface area contributed by atoms with E-state index in [-0.39, 0.29) is 0 Å². The van der Waals surface area contributed by atoms with Gasteiger partial charge in [0.25, 0.3) is 0 Å². The molecule has 0 saturated carbocycles. The maximum absolute atomic E-state index is 11.1. The highest BCUT2D eigenvalue weighted by Gasteiger charge is 2.42. The zero-order valence-corrected chi connectivity index (χ0v) is 11.0. The zero-order valence-electron chi connectivity index (χ0n) is 11.0. The van der Waals surface area contributed by atoms with Gasteiger partial charge >= 0.3 is 17.9 Å². The summed E-state index contributed by atoms with van der Waals surface area (Å²) in [5, 5.41) is 0. The van der Waals surface area contributed by atoms with E-state index in [1.54, 1.807) is 6.08 Å². The molecule has 0 aromatic carbocycles. The molecule has 0 aliphatic heterocycles. The minimum absolute atomic E-state index is 0.523. The number of ether oxygens (including phenoxy) is 3. The van der Waals surface area contributed by atoms with Crippen molar-refractivity contribution in [3.63, 3.8) is 0 Å². The van der Waals surface area contributed by atoms with Crippen molar-refractivity contribution in [2.75, 3.05) is 0 Å². The fourth-order valence-electron chi connectivity index (χ4n) is 1.85. The van der Waals surface area contributed by atoms with Crippen LogP contribution in [-0.4, -0.2) is 36.2 Å². The quantitative estimate of drug-likeness (QED) is 0.557. The Hall–Kier alpha value is -2.11. The molecule has 0 aromatic heterocycles. The predicted octanol–water partition coefficient (Wildman–Crippen LogP) is 0.907. The fourth-order valence-corrected chi connectivity index (χ4v) is 1.85. The van der Waals surface area contributed by atoms with Crippen LogP contribution < -0.4 is 0 Å². The number of esters is 3. The Balaban J connectivity index is 2.99. The molecule has 19 heavy (non-hydrogen) atoms. The van der Waals surface area contributed by atoms with Gasteiger partial charge < -0.3 is 14.2 Å². The Labute approximate surface area is 111 Å². The smallest absolute Gasteiger partial charge is 0.303 e. The van der Waals surface area contributed by atoms with Crippen LogP contribution in [0.25, 0.3) is 0 Å². The second-order valence-electron chi connectivity index (χ2n) is 4.05. The molecular weight excluding hydrogens is 252 g/mol. The molecule has 1 aliphatic rings. The molecule has 1 aliphatic carbocycles. The minimum atomic E-state index is -0.890. The van der Waals surface area contributed by atoms with Gasteiger partial charge in [-0.3, -0.25) is 14.4 Å². The van der Waals surface area contributed by atoms with Crippen molar-refractivity contribution in [2.24, 2.45) is 0 Å². The first-order chi connectivity index (χ1) is 8.85. The highest BCUT2D eigenvalue weighted by atomic mass is 16.6. The first kappa shape index (κ1) is 14.9. The summed E-state index contributed by atoms with van der Waals surface area (Å²) in [5.74, 6) is -1.61. The number of hydrogen-bond donors (Lipinski definition) is 0. The summed E-state index contributed by atoms with van der Waals surface area (Å²) >= 11 is 0. The van der Waals surface area contributed by atoms with Gasteiger partial charge in [-0.1, -0.05) is 12.7 Å². The molecule has 0 bridgehead atoms. The van der Waals surface area contributed by atoms with Crippen LogP contribution in [-0.2, 0) is 28.6 Å². The highest BCUT2D eigenvalue weighted by molar-refractivity contribution is 5.69. The van der Waals surface area contributed by atoms with Gasteiger partial charge in [0.05, 0.1) is 0 Å². The molecule has 0 heterocycles. The lowest BCUT2D eigenvalue weighted by Gasteiger charge is -2.24. The lowest BCUT2D eigenvalue weighted by Crippen LogP contribution is -2.40. The van der Waals surface area contributed by atoms with Gasteiger partial charge in [-0.25, -0.2) is 0 Å². The lowest BCUT2D eigenvalue weighted by atomic mass is 10.1. The van der Waals surface area contributed by atoms with E-state index >= 15 is 0 Å². The summed E-state index contributed by atoms with van der Waals surface area (Å²) in [7, 11) is 0. The van der Waals surface area contributed by atoms with Gasteiger partial charge in [0.1, 0.15) is 0 Å². The van der Waals surface area contributed by atoms with Crippen LogP contribution in [0.3, 0.4) is 0 Å². The minimum Gasteiger partial charge on any atom is -0.454 e. The van der Waals surface area contributed by atoms with Gasteiger partial charge in [-0.15, -0.1) is 0 Å². The molecule has 0 unspecified atom stereocenters.